The normalized spacial score (nSPS) is 14.5. The second kappa shape index (κ2) is 6.01. The molecule has 1 heterocycles. The quantitative estimate of drug-likeness (QED) is 0.858. The van der Waals surface area contributed by atoms with Gasteiger partial charge in [0.2, 0.25) is 5.91 Å². The Bertz CT molecular complexity index is 324. The van der Waals surface area contributed by atoms with Gasteiger partial charge in [-0.25, -0.2) is 0 Å². The van der Waals surface area contributed by atoms with Crippen LogP contribution in [-0.2, 0) is 4.79 Å². The SMILES string of the molecule is CCC(C)CN(C)C(=O)C(N)c1cccs1. The Labute approximate surface area is 101 Å². The van der Waals surface area contributed by atoms with Crippen molar-refractivity contribution in [1.29, 1.82) is 0 Å². The summed E-state index contributed by atoms with van der Waals surface area (Å²) in [5.74, 6) is 0.521. The standard InChI is InChI=1S/C12H20N2OS/c1-4-9(2)8-14(3)12(15)11(13)10-6-5-7-16-10/h5-7,9,11H,4,8,13H2,1-3H3. The van der Waals surface area contributed by atoms with Gasteiger partial charge >= 0.3 is 0 Å². The molecule has 0 saturated carbocycles. The summed E-state index contributed by atoms with van der Waals surface area (Å²) >= 11 is 1.53. The Kier molecular flexibility index (Phi) is 4.96. The van der Waals surface area contributed by atoms with Gasteiger partial charge in [-0.2, -0.15) is 0 Å². The number of carbonyl (C=O) groups is 1. The van der Waals surface area contributed by atoms with Crippen LogP contribution in [0.1, 0.15) is 31.2 Å². The summed E-state index contributed by atoms with van der Waals surface area (Å²) in [6.45, 7) is 5.04. The molecule has 1 amide bonds. The first-order valence-corrected chi connectivity index (χ1v) is 6.48. The van der Waals surface area contributed by atoms with Gasteiger partial charge in [0.25, 0.3) is 0 Å². The van der Waals surface area contributed by atoms with Crippen LogP contribution >= 0.6 is 11.3 Å². The molecule has 3 nitrogen and oxygen atoms in total. The van der Waals surface area contributed by atoms with E-state index in [9.17, 15) is 4.79 Å². The van der Waals surface area contributed by atoms with E-state index in [1.807, 2.05) is 24.6 Å². The van der Waals surface area contributed by atoms with E-state index >= 15 is 0 Å². The Morgan fingerprint density at radius 2 is 2.31 bits per heavy atom. The summed E-state index contributed by atoms with van der Waals surface area (Å²) in [6.07, 6.45) is 1.08. The highest BCUT2D eigenvalue weighted by molar-refractivity contribution is 7.10. The number of rotatable bonds is 5. The van der Waals surface area contributed by atoms with E-state index < -0.39 is 6.04 Å². The molecule has 0 bridgehead atoms. The monoisotopic (exact) mass is 240 g/mol. The molecule has 0 aliphatic heterocycles. The van der Waals surface area contributed by atoms with E-state index in [1.165, 1.54) is 11.3 Å². The molecule has 1 aromatic heterocycles. The van der Waals surface area contributed by atoms with Crippen LogP contribution in [0.25, 0.3) is 0 Å². The fourth-order valence-electron chi connectivity index (χ4n) is 1.51. The van der Waals surface area contributed by atoms with Gasteiger partial charge in [-0.3, -0.25) is 4.79 Å². The lowest BCUT2D eigenvalue weighted by molar-refractivity contribution is -0.131. The van der Waals surface area contributed by atoms with Crippen LogP contribution in [-0.4, -0.2) is 24.4 Å². The lowest BCUT2D eigenvalue weighted by Gasteiger charge is -2.23. The van der Waals surface area contributed by atoms with Crippen molar-refractivity contribution in [3.05, 3.63) is 22.4 Å². The van der Waals surface area contributed by atoms with E-state index in [0.717, 1.165) is 17.8 Å². The van der Waals surface area contributed by atoms with E-state index in [1.54, 1.807) is 4.90 Å². The highest BCUT2D eigenvalue weighted by Crippen LogP contribution is 2.18. The minimum atomic E-state index is -0.506. The molecule has 1 aromatic rings. The molecule has 0 fully saturated rings. The minimum Gasteiger partial charge on any atom is -0.344 e. The maximum absolute atomic E-state index is 12.0. The largest absolute Gasteiger partial charge is 0.344 e. The van der Waals surface area contributed by atoms with Crippen LogP contribution in [0.4, 0.5) is 0 Å². The molecule has 0 aliphatic rings. The number of thiophene rings is 1. The molecular weight excluding hydrogens is 220 g/mol. The summed E-state index contributed by atoms with van der Waals surface area (Å²) in [7, 11) is 1.82. The Hall–Kier alpha value is -0.870. The molecular formula is C12H20N2OS. The molecule has 0 spiro atoms. The van der Waals surface area contributed by atoms with E-state index in [-0.39, 0.29) is 5.91 Å². The summed E-state index contributed by atoms with van der Waals surface area (Å²) < 4.78 is 0. The topological polar surface area (TPSA) is 46.3 Å². The second-order valence-corrected chi connectivity index (χ2v) is 5.20. The number of nitrogens with zero attached hydrogens (tertiary/aromatic N) is 1. The third-order valence-corrected chi connectivity index (χ3v) is 3.73. The van der Waals surface area contributed by atoms with E-state index in [2.05, 4.69) is 13.8 Å². The van der Waals surface area contributed by atoms with Crippen LogP contribution < -0.4 is 5.73 Å². The van der Waals surface area contributed by atoms with Gasteiger partial charge in [0.05, 0.1) is 0 Å². The van der Waals surface area contributed by atoms with Crippen molar-refractivity contribution in [3.8, 4) is 0 Å². The predicted octanol–water partition coefficient (Wildman–Crippen LogP) is 2.25. The Morgan fingerprint density at radius 3 is 2.81 bits per heavy atom. The fourth-order valence-corrected chi connectivity index (χ4v) is 2.23. The highest BCUT2D eigenvalue weighted by Gasteiger charge is 2.21. The maximum atomic E-state index is 12.0. The Balaban J connectivity index is 2.57. The lowest BCUT2D eigenvalue weighted by Crippen LogP contribution is -2.37. The number of likely N-dealkylation sites (N-methyl/N-ethyl adjacent to an activating group) is 1. The van der Waals surface area contributed by atoms with Crippen LogP contribution in [0.15, 0.2) is 17.5 Å². The molecule has 0 aromatic carbocycles. The number of hydrogen-bond donors (Lipinski definition) is 1. The van der Waals surface area contributed by atoms with Crippen molar-refractivity contribution in [2.24, 2.45) is 11.7 Å². The van der Waals surface area contributed by atoms with Crippen LogP contribution in [0.3, 0.4) is 0 Å². The van der Waals surface area contributed by atoms with Crippen molar-refractivity contribution in [1.82, 2.24) is 4.90 Å². The Morgan fingerprint density at radius 1 is 1.62 bits per heavy atom. The summed E-state index contributed by atoms with van der Waals surface area (Å²) in [5.41, 5.74) is 5.92. The van der Waals surface area contributed by atoms with Gasteiger partial charge in [-0.15, -0.1) is 11.3 Å². The second-order valence-electron chi connectivity index (χ2n) is 4.23. The van der Waals surface area contributed by atoms with Crippen LogP contribution in [0.5, 0.6) is 0 Å². The molecule has 2 N–H and O–H groups in total. The smallest absolute Gasteiger partial charge is 0.244 e. The molecule has 0 aliphatic carbocycles. The van der Waals surface area contributed by atoms with Gasteiger partial charge in [0, 0.05) is 18.5 Å². The number of hydrogen-bond acceptors (Lipinski definition) is 3. The molecule has 16 heavy (non-hydrogen) atoms. The molecule has 4 heteroatoms. The van der Waals surface area contributed by atoms with E-state index in [4.69, 9.17) is 5.73 Å². The minimum absolute atomic E-state index is 0.00255. The molecule has 2 atom stereocenters. The summed E-state index contributed by atoms with van der Waals surface area (Å²) in [4.78, 5) is 14.7. The number of nitrogens with two attached hydrogens (primary N) is 1. The van der Waals surface area contributed by atoms with Gasteiger partial charge < -0.3 is 10.6 Å². The highest BCUT2D eigenvalue weighted by atomic mass is 32.1. The van der Waals surface area contributed by atoms with E-state index in [0.29, 0.717) is 5.92 Å². The number of carbonyl (C=O) groups excluding carboxylic acids is 1. The first-order chi connectivity index (χ1) is 7.56. The predicted molar refractivity (Wildman–Crippen MR) is 68.3 cm³/mol. The average Bonchev–Trinajstić information content (AvgIpc) is 2.80. The van der Waals surface area contributed by atoms with Crippen molar-refractivity contribution in [2.75, 3.05) is 13.6 Å². The van der Waals surface area contributed by atoms with Gasteiger partial charge in [-0.1, -0.05) is 26.3 Å². The van der Waals surface area contributed by atoms with Crippen LogP contribution in [0.2, 0.25) is 0 Å². The van der Waals surface area contributed by atoms with Crippen molar-refractivity contribution >= 4 is 17.2 Å². The first kappa shape index (κ1) is 13.2. The fraction of sp³-hybridized carbons (Fsp3) is 0.583. The number of amides is 1. The third kappa shape index (κ3) is 3.32. The zero-order valence-corrected chi connectivity index (χ0v) is 11.0. The molecule has 1 rings (SSSR count). The first-order valence-electron chi connectivity index (χ1n) is 5.60. The zero-order valence-electron chi connectivity index (χ0n) is 10.1. The maximum Gasteiger partial charge on any atom is 0.244 e. The third-order valence-electron chi connectivity index (χ3n) is 2.77. The van der Waals surface area contributed by atoms with Gasteiger partial charge in [-0.05, 0) is 17.4 Å². The van der Waals surface area contributed by atoms with Crippen molar-refractivity contribution < 1.29 is 4.79 Å². The molecule has 90 valence electrons. The molecule has 2 unspecified atom stereocenters. The van der Waals surface area contributed by atoms with Crippen molar-refractivity contribution in [3.63, 3.8) is 0 Å². The lowest BCUT2D eigenvalue weighted by atomic mass is 10.1. The van der Waals surface area contributed by atoms with Gasteiger partial charge in [0.15, 0.2) is 0 Å². The molecule has 0 saturated heterocycles. The summed E-state index contributed by atoms with van der Waals surface area (Å²) in [5, 5.41) is 1.94. The van der Waals surface area contributed by atoms with Crippen LogP contribution in [0, 0.1) is 5.92 Å². The van der Waals surface area contributed by atoms with Crippen molar-refractivity contribution in [2.45, 2.75) is 26.3 Å². The van der Waals surface area contributed by atoms with Gasteiger partial charge in [0.1, 0.15) is 6.04 Å². The average molecular weight is 240 g/mol. The summed E-state index contributed by atoms with van der Waals surface area (Å²) in [6, 6.07) is 3.32. The molecule has 0 radical (unpaired) electrons. The zero-order chi connectivity index (χ0) is 12.1.